The number of hydrogen-bond acceptors (Lipinski definition) is 3. The Hall–Kier alpha value is -3.69. The minimum absolute atomic E-state index is 0.125. The van der Waals surface area contributed by atoms with Crippen molar-refractivity contribution in [2.75, 3.05) is 11.4 Å². The molecule has 1 fully saturated rings. The molecule has 1 saturated heterocycles. The normalized spacial score (nSPS) is 21.9. The van der Waals surface area contributed by atoms with E-state index in [4.69, 9.17) is 0 Å². The summed E-state index contributed by atoms with van der Waals surface area (Å²) in [4.78, 5) is 16.2. The van der Waals surface area contributed by atoms with E-state index in [9.17, 15) is 4.79 Å². The van der Waals surface area contributed by atoms with Gasteiger partial charge in [-0.2, -0.15) is 0 Å². The standard InChI is InChI=1S/C31H26N2O/c34-29-22-13-4-6-15-24(22)31(25-16-7-5-14-23(25)29)26-17-8-9-19-28(26)33(21-11-2-1-3-12-21)30-27(31)18-10-20-32-30/h1-9,11-17,19,27,30,32H,10,18,20H2. The second-order valence-electron chi connectivity index (χ2n) is 9.60. The van der Waals surface area contributed by atoms with Crippen LogP contribution in [0.15, 0.2) is 103 Å². The van der Waals surface area contributed by atoms with Gasteiger partial charge in [0.15, 0.2) is 5.78 Å². The molecule has 4 aromatic rings. The van der Waals surface area contributed by atoms with Crippen LogP contribution in [0, 0.1) is 5.92 Å². The zero-order chi connectivity index (χ0) is 22.7. The van der Waals surface area contributed by atoms with Gasteiger partial charge in [0.05, 0.1) is 11.6 Å². The van der Waals surface area contributed by atoms with Crippen molar-refractivity contribution in [2.24, 2.45) is 5.92 Å². The first kappa shape index (κ1) is 19.7. The maximum absolute atomic E-state index is 13.7. The van der Waals surface area contributed by atoms with Crippen LogP contribution in [0.2, 0.25) is 0 Å². The van der Waals surface area contributed by atoms with Crippen LogP contribution in [0.5, 0.6) is 0 Å². The molecule has 1 spiro atoms. The molecular formula is C31H26N2O. The van der Waals surface area contributed by atoms with Crippen LogP contribution in [0.4, 0.5) is 11.4 Å². The predicted octanol–water partition coefficient (Wildman–Crippen LogP) is 6.04. The lowest BCUT2D eigenvalue weighted by atomic mass is 9.53. The van der Waals surface area contributed by atoms with E-state index in [1.54, 1.807) is 0 Å². The lowest BCUT2D eigenvalue weighted by molar-refractivity contribution is 0.102. The molecule has 0 saturated carbocycles. The zero-order valence-corrected chi connectivity index (χ0v) is 18.9. The van der Waals surface area contributed by atoms with Gasteiger partial charge in [-0.15, -0.1) is 0 Å². The minimum atomic E-state index is -0.388. The van der Waals surface area contributed by atoms with Gasteiger partial charge in [0.2, 0.25) is 0 Å². The number of carbonyl (C=O) groups excluding carboxylic acids is 1. The first-order chi connectivity index (χ1) is 16.8. The molecule has 0 radical (unpaired) electrons. The van der Waals surface area contributed by atoms with Crippen LogP contribution >= 0.6 is 0 Å². The molecule has 2 unspecified atom stereocenters. The maximum Gasteiger partial charge on any atom is 0.193 e. The summed E-state index contributed by atoms with van der Waals surface area (Å²) in [6.45, 7) is 0.991. The van der Waals surface area contributed by atoms with Gasteiger partial charge in [0.1, 0.15) is 0 Å². The molecule has 0 aromatic heterocycles. The van der Waals surface area contributed by atoms with Crippen molar-refractivity contribution in [1.29, 1.82) is 0 Å². The second kappa shape index (κ2) is 7.41. The number of nitrogens with zero attached hydrogens (tertiary/aromatic N) is 1. The molecule has 166 valence electrons. The number of benzene rings is 4. The average molecular weight is 443 g/mol. The van der Waals surface area contributed by atoms with Crippen LogP contribution in [-0.4, -0.2) is 18.5 Å². The van der Waals surface area contributed by atoms with E-state index < -0.39 is 0 Å². The lowest BCUT2D eigenvalue weighted by Crippen LogP contribution is -2.63. The monoisotopic (exact) mass is 442 g/mol. The fraction of sp³-hybridized carbons (Fsp3) is 0.194. The van der Waals surface area contributed by atoms with Crippen LogP contribution in [0.25, 0.3) is 0 Å². The molecule has 2 atom stereocenters. The van der Waals surface area contributed by atoms with E-state index in [0.717, 1.165) is 41.6 Å². The Labute approximate surface area is 200 Å². The number of hydrogen-bond donors (Lipinski definition) is 1. The Morgan fingerprint density at radius 3 is 2.00 bits per heavy atom. The maximum atomic E-state index is 13.7. The van der Waals surface area contributed by atoms with Crippen molar-refractivity contribution in [3.8, 4) is 0 Å². The van der Waals surface area contributed by atoms with Gasteiger partial charge in [0.25, 0.3) is 0 Å². The first-order valence-electron chi connectivity index (χ1n) is 12.2. The summed E-state index contributed by atoms with van der Waals surface area (Å²) in [6, 6.07) is 36.2. The molecule has 1 N–H and O–H groups in total. The topological polar surface area (TPSA) is 32.3 Å². The Balaban J connectivity index is 1.62. The molecule has 34 heavy (non-hydrogen) atoms. The van der Waals surface area contributed by atoms with Crippen molar-refractivity contribution in [2.45, 2.75) is 24.4 Å². The highest BCUT2D eigenvalue weighted by Gasteiger charge is 2.57. The molecule has 3 heteroatoms. The summed E-state index contributed by atoms with van der Waals surface area (Å²) in [5, 5.41) is 3.90. The third-order valence-electron chi connectivity index (χ3n) is 8.08. The molecule has 3 nitrogen and oxygen atoms in total. The summed E-state index contributed by atoms with van der Waals surface area (Å²) >= 11 is 0. The number of fused-ring (bicyclic) bond motifs is 8. The van der Waals surface area contributed by atoms with E-state index in [0.29, 0.717) is 0 Å². The van der Waals surface area contributed by atoms with Gasteiger partial charge < -0.3 is 4.90 Å². The van der Waals surface area contributed by atoms with Gasteiger partial charge in [-0.1, -0.05) is 84.9 Å². The highest BCUT2D eigenvalue weighted by Crippen LogP contribution is 2.59. The number of para-hydroxylation sites is 2. The number of anilines is 2. The van der Waals surface area contributed by atoms with Crippen molar-refractivity contribution >= 4 is 17.2 Å². The summed E-state index contributed by atoms with van der Waals surface area (Å²) in [7, 11) is 0. The van der Waals surface area contributed by atoms with E-state index >= 15 is 0 Å². The smallest absolute Gasteiger partial charge is 0.193 e. The molecule has 1 aliphatic carbocycles. The van der Waals surface area contributed by atoms with Crippen molar-refractivity contribution in [3.05, 3.63) is 131 Å². The van der Waals surface area contributed by atoms with E-state index in [1.807, 2.05) is 24.3 Å². The molecule has 2 heterocycles. The molecule has 2 aliphatic heterocycles. The van der Waals surface area contributed by atoms with Crippen LogP contribution in [0.3, 0.4) is 0 Å². The quantitative estimate of drug-likeness (QED) is 0.390. The first-order valence-corrected chi connectivity index (χ1v) is 12.2. The van der Waals surface area contributed by atoms with Crippen LogP contribution in [-0.2, 0) is 5.41 Å². The SMILES string of the molecule is O=C1c2ccccc2C2(c3ccccc31)c1ccccc1N(c1ccccc1)C1NCCCC12. The molecular weight excluding hydrogens is 416 g/mol. The van der Waals surface area contributed by atoms with Gasteiger partial charge in [-0.3, -0.25) is 10.1 Å². The highest BCUT2D eigenvalue weighted by atomic mass is 16.1. The van der Waals surface area contributed by atoms with Crippen molar-refractivity contribution < 1.29 is 4.79 Å². The predicted molar refractivity (Wildman–Crippen MR) is 136 cm³/mol. The largest absolute Gasteiger partial charge is 0.325 e. The molecule has 7 rings (SSSR count). The van der Waals surface area contributed by atoms with Gasteiger partial charge in [-0.25, -0.2) is 0 Å². The molecule has 4 aromatic carbocycles. The highest BCUT2D eigenvalue weighted by molar-refractivity contribution is 6.14. The fourth-order valence-corrected chi connectivity index (χ4v) is 6.88. The molecule has 3 aliphatic rings. The lowest BCUT2D eigenvalue weighted by Gasteiger charge is -2.58. The van der Waals surface area contributed by atoms with E-state index in [2.05, 4.69) is 89.1 Å². The molecule has 0 amide bonds. The Kier molecular flexibility index (Phi) is 4.30. The van der Waals surface area contributed by atoms with Crippen LogP contribution in [0.1, 0.15) is 45.5 Å². The van der Waals surface area contributed by atoms with Crippen molar-refractivity contribution in [3.63, 3.8) is 0 Å². The van der Waals surface area contributed by atoms with Gasteiger partial charge in [-0.05, 0) is 54.3 Å². The Bertz CT molecular complexity index is 1360. The van der Waals surface area contributed by atoms with Crippen molar-refractivity contribution in [1.82, 2.24) is 5.32 Å². The van der Waals surface area contributed by atoms with E-state index in [-0.39, 0.29) is 23.3 Å². The third kappa shape index (κ3) is 2.48. The van der Waals surface area contributed by atoms with Gasteiger partial charge >= 0.3 is 0 Å². The summed E-state index contributed by atoms with van der Waals surface area (Å²) < 4.78 is 0. The van der Waals surface area contributed by atoms with Gasteiger partial charge in [0, 0.05) is 28.4 Å². The second-order valence-corrected chi connectivity index (χ2v) is 9.60. The Morgan fingerprint density at radius 1 is 0.706 bits per heavy atom. The average Bonchev–Trinajstić information content (AvgIpc) is 2.91. The number of carbonyl (C=O) groups is 1. The Morgan fingerprint density at radius 2 is 1.29 bits per heavy atom. The minimum Gasteiger partial charge on any atom is -0.325 e. The number of rotatable bonds is 1. The van der Waals surface area contributed by atoms with Crippen LogP contribution < -0.4 is 10.2 Å². The summed E-state index contributed by atoms with van der Waals surface area (Å²) in [6.07, 6.45) is 2.33. The number of nitrogens with one attached hydrogen (secondary N) is 1. The molecule has 0 bridgehead atoms. The fourth-order valence-electron chi connectivity index (χ4n) is 6.88. The van der Waals surface area contributed by atoms with E-state index in [1.165, 1.54) is 16.9 Å². The summed E-state index contributed by atoms with van der Waals surface area (Å²) in [5.74, 6) is 0.409. The number of piperidine rings is 1. The number of ketones is 1. The zero-order valence-electron chi connectivity index (χ0n) is 18.9. The third-order valence-corrected chi connectivity index (χ3v) is 8.08. The summed E-state index contributed by atoms with van der Waals surface area (Å²) in [5.41, 5.74) is 7.29.